The van der Waals surface area contributed by atoms with E-state index < -0.39 is 10.0 Å². The molecule has 3 N–H and O–H groups in total. The average molecular weight is 416 g/mol. The SMILES string of the molecule is Cc1cc(NC(=O)c2cccc(I)c2)ccc1S(N)(=O)=O. The minimum absolute atomic E-state index is 0.0507. The fourth-order valence-electron chi connectivity index (χ4n) is 1.88. The number of halogens is 1. The topological polar surface area (TPSA) is 89.3 Å². The van der Waals surface area contributed by atoms with Crippen LogP contribution in [0.5, 0.6) is 0 Å². The van der Waals surface area contributed by atoms with Crippen LogP contribution in [0.25, 0.3) is 0 Å². The van der Waals surface area contributed by atoms with Crippen molar-refractivity contribution in [2.75, 3.05) is 5.32 Å². The number of benzene rings is 2. The molecule has 2 aromatic carbocycles. The third-order valence-corrected chi connectivity index (χ3v) is 4.57. The molecule has 110 valence electrons. The molecule has 2 rings (SSSR count). The Labute approximate surface area is 136 Å². The molecule has 7 heteroatoms. The molecule has 0 atom stereocenters. The number of sulfonamides is 1. The first-order valence-electron chi connectivity index (χ1n) is 5.98. The molecular formula is C14H13IN2O3S. The summed E-state index contributed by atoms with van der Waals surface area (Å²) in [5, 5.41) is 7.83. The van der Waals surface area contributed by atoms with Crippen molar-refractivity contribution in [1.82, 2.24) is 0 Å². The van der Waals surface area contributed by atoms with Crippen LogP contribution >= 0.6 is 22.6 Å². The summed E-state index contributed by atoms with van der Waals surface area (Å²) in [7, 11) is -3.75. The second-order valence-corrected chi connectivity index (χ2v) is 7.27. The number of aryl methyl sites for hydroxylation is 1. The van der Waals surface area contributed by atoms with Gasteiger partial charge in [0.15, 0.2) is 0 Å². The number of anilines is 1. The Kier molecular flexibility index (Phi) is 4.64. The molecule has 0 heterocycles. The molecule has 21 heavy (non-hydrogen) atoms. The molecule has 0 saturated heterocycles. The minimum Gasteiger partial charge on any atom is -0.322 e. The van der Waals surface area contributed by atoms with Crippen LogP contribution in [0.2, 0.25) is 0 Å². The summed E-state index contributed by atoms with van der Waals surface area (Å²) in [6, 6.07) is 11.6. The van der Waals surface area contributed by atoms with Gasteiger partial charge >= 0.3 is 0 Å². The van der Waals surface area contributed by atoms with Gasteiger partial charge in [0, 0.05) is 14.8 Å². The second kappa shape index (κ2) is 6.12. The van der Waals surface area contributed by atoms with Gasteiger partial charge in [-0.2, -0.15) is 0 Å². The second-order valence-electron chi connectivity index (χ2n) is 4.49. The van der Waals surface area contributed by atoms with E-state index in [4.69, 9.17) is 5.14 Å². The molecule has 2 aromatic rings. The van der Waals surface area contributed by atoms with E-state index in [0.717, 1.165) is 3.57 Å². The molecule has 0 aliphatic carbocycles. The van der Waals surface area contributed by atoms with Crippen molar-refractivity contribution >= 4 is 44.2 Å². The zero-order valence-electron chi connectivity index (χ0n) is 11.1. The lowest BCUT2D eigenvalue weighted by molar-refractivity contribution is 0.102. The summed E-state index contributed by atoms with van der Waals surface area (Å²) < 4.78 is 23.6. The van der Waals surface area contributed by atoms with Gasteiger partial charge in [-0.15, -0.1) is 0 Å². The molecule has 0 saturated carbocycles. The van der Waals surface area contributed by atoms with Gasteiger partial charge in [-0.1, -0.05) is 6.07 Å². The van der Waals surface area contributed by atoms with Crippen LogP contribution in [0.3, 0.4) is 0 Å². The lowest BCUT2D eigenvalue weighted by Gasteiger charge is -2.09. The number of carbonyl (C=O) groups excluding carboxylic acids is 1. The number of hydrogen-bond donors (Lipinski definition) is 2. The third-order valence-electron chi connectivity index (χ3n) is 2.83. The first kappa shape index (κ1) is 15.9. The first-order chi connectivity index (χ1) is 9.77. The largest absolute Gasteiger partial charge is 0.322 e. The number of hydrogen-bond acceptors (Lipinski definition) is 3. The Morgan fingerprint density at radius 2 is 1.90 bits per heavy atom. The highest BCUT2D eigenvalue weighted by Gasteiger charge is 2.13. The Balaban J connectivity index is 2.25. The average Bonchev–Trinajstić information content (AvgIpc) is 2.37. The summed E-state index contributed by atoms with van der Waals surface area (Å²) in [6.07, 6.45) is 0. The monoisotopic (exact) mass is 416 g/mol. The Hall–Kier alpha value is -1.45. The molecule has 0 aromatic heterocycles. The van der Waals surface area contributed by atoms with Crippen molar-refractivity contribution in [2.45, 2.75) is 11.8 Å². The normalized spacial score (nSPS) is 11.2. The Morgan fingerprint density at radius 1 is 1.19 bits per heavy atom. The lowest BCUT2D eigenvalue weighted by atomic mass is 10.2. The number of nitrogens with two attached hydrogens (primary N) is 1. The van der Waals surface area contributed by atoms with E-state index in [1.165, 1.54) is 12.1 Å². The predicted octanol–water partition coefficient (Wildman–Crippen LogP) is 2.50. The molecule has 0 radical (unpaired) electrons. The van der Waals surface area contributed by atoms with Crippen molar-refractivity contribution in [2.24, 2.45) is 5.14 Å². The smallest absolute Gasteiger partial charge is 0.255 e. The fourth-order valence-corrected chi connectivity index (χ4v) is 3.19. The molecule has 5 nitrogen and oxygen atoms in total. The molecule has 1 amide bonds. The van der Waals surface area contributed by atoms with E-state index >= 15 is 0 Å². The minimum atomic E-state index is -3.75. The number of rotatable bonds is 3. The van der Waals surface area contributed by atoms with Crippen LogP contribution in [-0.4, -0.2) is 14.3 Å². The summed E-state index contributed by atoms with van der Waals surface area (Å²) in [5.74, 6) is -0.253. The van der Waals surface area contributed by atoms with Gasteiger partial charge in [-0.05, 0) is 71.5 Å². The van der Waals surface area contributed by atoms with Gasteiger partial charge in [0.25, 0.3) is 5.91 Å². The van der Waals surface area contributed by atoms with Gasteiger partial charge in [-0.25, -0.2) is 13.6 Å². The van der Waals surface area contributed by atoms with Crippen LogP contribution in [0.15, 0.2) is 47.4 Å². The van der Waals surface area contributed by atoms with Crippen molar-refractivity contribution in [3.63, 3.8) is 0 Å². The maximum absolute atomic E-state index is 12.1. The molecule has 0 spiro atoms. The zero-order chi connectivity index (χ0) is 15.6. The summed E-state index contributed by atoms with van der Waals surface area (Å²) in [4.78, 5) is 12.2. The number of primary sulfonamides is 1. The maximum atomic E-state index is 12.1. The highest BCUT2D eigenvalue weighted by molar-refractivity contribution is 14.1. The summed E-state index contributed by atoms with van der Waals surface area (Å²) in [6.45, 7) is 1.63. The van der Waals surface area contributed by atoms with E-state index in [-0.39, 0.29) is 10.8 Å². The summed E-state index contributed by atoms with van der Waals surface area (Å²) >= 11 is 2.13. The van der Waals surface area contributed by atoms with Crippen LogP contribution in [-0.2, 0) is 10.0 Å². The van der Waals surface area contributed by atoms with Crippen molar-refractivity contribution in [3.8, 4) is 0 Å². The Bertz CT molecular complexity index is 804. The zero-order valence-corrected chi connectivity index (χ0v) is 14.1. The molecule has 0 aliphatic rings. The number of amides is 1. The first-order valence-corrected chi connectivity index (χ1v) is 8.60. The standard InChI is InChI=1S/C14H13IN2O3S/c1-9-7-12(5-6-13(9)21(16,19)20)17-14(18)10-3-2-4-11(15)8-10/h2-8H,1H3,(H,17,18)(H2,16,19,20). The van der Waals surface area contributed by atoms with Crippen molar-refractivity contribution in [3.05, 3.63) is 57.2 Å². The highest BCUT2D eigenvalue weighted by atomic mass is 127. The molecular weight excluding hydrogens is 403 g/mol. The fraction of sp³-hybridized carbons (Fsp3) is 0.0714. The molecule has 0 fully saturated rings. The van der Waals surface area contributed by atoms with Gasteiger partial charge in [0.1, 0.15) is 0 Å². The lowest BCUT2D eigenvalue weighted by Crippen LogP contribution is -2.15. The van der Waals surface area contributed by atoms with Crippen LogP contribution < -0.4 is 10.5 Å². The predicted molar refractivity (Wildman–Crippen MR) is 89.7 cm³/mol. The van der Waals surface area contributed by atoms with E-state index in [1.807, 2.05) is 6.07 Å². The van der Waals surface area contributed by atoms with E-state index in [9.17, 15) is 13.2 Å². The van der Waals surface area contributed by atoms with E-state index in [0.29, 0.717) is 16.8 Å². The molecule has 0 aliphatic heterocycles. The van der Waals surface area contributed by atoms with Gasteiger partial charge < -0.3 is 5.32 Å². The number of carbonyl (C=O) groups is 1. The molecule has 0 bridgehead atoms. The van der Waals surface area contributed by atoms with Crippen LogP contribution in [0, 0.1) is 10.5 Å². The van der Waals surface area contributed by atoms with E-state index in [2.05, 4.69) is 27.9 Å². The number of nitrogens with one attached hydrogen (secondary N) is 1. The molecule has 0 unspecified atom stereocenters. The highest BCUT2D eigenvalue weighted by Crippen LogP contribution is 2.19. The van der Waals surface area contributed by atoms with Crippen LogP contribution in [0.4, 0.5) is 5.69 Å². The maximum Gasteiger partial charge on any atom is 0.255 e. The van der Waals surface area contributed by atoms with Gasteiger partial charge in [-0.3, -0.25) is 4.79 Å². The van der Waals surface area contributed by atoms with Crippen molar-refractivity contribution < 1.29 is 13.2 Å². The third kappa shape index (κ3) is 4.02. The van der Waals surface area contributed by atoms with E-state index in [1.54, 1.807) is 31.2 Å². The Morgan fingerprint density at radius 3 is 2.48 bits per heavy atom. The van der Waals surface area contributed by atoms with Crippen LogP contribution in [0.1, 0.15) is 15.9 Å². The van der Waals surface area contributed by atoms with Gasteiger partial charge in [0.05, 0.1) is 4.90 Å². The quantitative estimate of drug-likeness (QED) is 0.754. The van der Waals surface area contributed by atoms with Crippen molar-refractivity contribution in [1.29, 1.82) is 0 Å². The summed E-state index contributed by atoms with van der Waals surface area (Å²) in [5.41, 5.74) is 1.54. The van der Waals surface area contributed by atoms with Gasteiger partial charge in [0.2, 0.25) is 10.0 Å².